The van der Waals surface area contributed by atoms with Crippen LogP contribution in [0.5, 0.6) is 11.5 Å². The molecule has 23 heavy (non-hydrogen) atoms. The number of ether oxygens (including phenoxy) is 2. The SMILES string of the molecule is COc1ccc(NCc2cc(Cl)c(OC(C)C)c(Cl)c2)cc1Cl. The van der Waals surface area contributed by atoms with Gasteiger partial charge in [-0.05, 0) is 49.7 Å². The van der Waals surface area contributed by atoms with Crippen LogP contribution >= 0.6 is 34.8 Å². The van der Waals surface area contributed by atoms with Crippen LogP contribution < -0.4 is 14.8 Å². The molecular formula is C17H18Cl3NO2. The lowest BCUT2D eigenvalue weighted by molar-refractivity contribution is 0.242. The monoisotopic (exact) mass is 373 g/mol. The number of anilines is 1. The van der Waals surface area contributed by atoms with Crippen LogP contribution in [0, 0.1) is 0 Å². The van der Waals surface area contributed by atoms with Gasteiger partial charge in [0.1, 0.15) is 5.75 Å². The first-order valence-electron chi connectivity index (χ1n) is 7.12. The lowest BCUT2D eigenvalue weighted by atomic mass is 10.2. The summed E-state index contributed by atoms with van der Waals surface area (Å²) in [5.41, 5.74) is 1.83. The lowest BCUT2D eigenvalue weighted by Gasteiger charge is -2.15. The van der Waals surface area contributed by atoms with E-state index in [1.165, 1.54) is 0 Å². The first kappa shape index (κ1) is 18.1. The fourth-order valence-corrected chi connectivity index (χ4v) is 2.92. The first-order valence-corrected chi connectivity index (χ1v) is 8.26. The number of hydrogen-bond acceptors (Lipinski definition) is 3. The van der Waals surface area contributed by atoms with Crippen molar-refractivity contribution < 1.29 is 9.47 Å². The van der Waals surface area contributed by atoms with E-state index in [0.717, 1.165) is 11.3 Å². The summed E-state index contributed by atoms with van der Waals surface area (Å²) in [4.78, 5) is 0. The molecule has 0 saturated carbocycles. The molecule has 0 spiro atoms. The highest BCUT2D eigenvalue weighted by Gasteiger charge is 2.11. The van der Waals surface area contributed by atoms with E-state index >= 15 is 0 Å². The van der Waals surface area contributed by atoms with E-state index in [-0.39, 0.29) is 6.10 Å². The van der Waals surface area contributed by atoms with Crippen LogP contribution in [0.4, 0.5) is 5.69 Å². The van der Waals surface area contributed by atoms with E-state index in [1.807, 2.05) is 38.1 Å². The zero-order valence-corrected chi connectivity index (χ0v) is 15.4. The van der Waals surface area contributed by atoms with Crippen molar-refractivity contribution in [3.05, 3.63) is 51.0 Å². The normalized spacial score (nSPS) is 10.7. The van der Waals surface area contributed by atoms with E-state index < -0.39 is 0 Å². The second-order valence-corrected chi connectivity index (χ2v) is 6.48. The number of halogens is 3. The van der Waals surface area contributed by atoms with Crippen molar-refractivity contribution in [2.45, 2.75) is 26.5 Å². The number of nitrogens with one attached hydrogen (secondary N) is 1. The Morgan fingerprint density at radius 2 is 1.65 bits per heavy atom. The quantitative estimate of drug-likeness (QED) is 0.667. The summed E-state index contributed by atoms with van der Waals surface area (Å²) in [5.74, 6) is 1.15. The summed E-state index contributed by atoms with van der Waals surface area (Å²) in [5, 5.41) is 4.81. The second-order valence-electron chi connectivity index (χ2n) is 5.26. The predicted molar refractivity (Wildman–Crippen MR) is 97.6 cm³/mol. The zero-order chi connectivity index (χ0) is 17.0. The first-order chi connectivity index (χ1) is 10.9. The maximum atomic E-state index is 6.25. The van der Waals surface area contributed by atoms with E-state index in [4.69, 9.17) is 44.3 Å². The van der Waals surface area contributed by atoms with Crippen LogP contribution in [-0.4, -0.2) is 13.2 Å². The third-order valence-corrected chi connectivity index (χ3v) is 3.92. The Balaban J connectivity index is 2.10. The summed E-state index contributed by atoms with van der Waals surface area (Å²) in [6, 6.07) is 9.18. The average molecular weight is 375 g/mol. The fourth-order valence-electron chi connectivity index (χ4n) is 2.04. The van der Waals surface area contributed by atoms with Gasteiger partial charge in [0.05, 0.1) is 28.3 Å². The standard InChI is InChI=1S/C17H18Cl3NO2/c1-10(2)23-17-14(19)6-11(7-15(17)20)9-21-12-4-5-16(22-3)13(18)8-12/h4-8,10,21H,9H2,1-3H3. The minimum absolute atomic E-state index is 0.00964. The van der Waals surface area contributed by atoms with Crippen LogP contribution in [0.25, 0.3) is 0 Å². The smallest absolute Gasteiger partial charge is 0.156 e. The molecule has 2 aromatic rings. The molecule has 0 unspecified atom stereocenters. The Bertz CT molecular complexity index is 667. The molecule has 6 heteroatoms. The van der Waals surface area contributed by atoms with E-state index in [1.54, 1.807) is 13.2 Å². The molecule has 1 N–H and O–H groups in total. The lowest BCUT2D eigenvalue weighted by Crippen LogP contribution is -2.07. The van der Waals surface area contributed by atoms with Crippen molar-refractivity contribution in [3.63, 3.8) is 0 Å². The van der Waals surface area contributed by atoms with Gasteiger partial charge in [-0.1, -0.05) is 34.8 Å². The summed E-state index contributed by atoms with van der Waals surface area (Å²) in [6.45, 7) is 4.41. The van der Waals surface area contributed by atoms with E-state index in [0.29, 0.717) is 33.1 Å². The molecule has 0 fully saturated rings. The van der Waals surface area contributed by atoms with Crippen LogP contribution in [0.15, 0.2) is 30.3 Å². The predicted octanol–water partition coefficient (Wildman–Crippen LogP) is 6.05. The van der Waals surface area contributed by atoms with Crippen molar-refractivity contribution in [1.82, 2.24) is 0 Å². The van der Waals surface area contributed by atoms with Gasteiger partial charge in [-0.3, -0.25) is 0 Å². The van der Waals surface area contributed by atoms with Crippen LogP contribution in [-0.2, 0) is 6.54 Å². The van der Waals surface area contributed by atoms with Crippen molar-refractivity contribution in [1.29, 1.82) is 0 Å². The molecule has 3 nitrogen and oxygen atoms in total. The van der Waals surface area contributed by atoms with Gasteiger partial charge in [0.25, 0.3) is 0 Å². The Morgan fingerprint density at radius 1 is 1.00 bits per heavy atom. The molecule has 0 aliphatic heterocycles. The molecule has 0 amide bonds. The molecule has 0 aromatic heterocycles. The Kier molecular flexibility index (Phi) is 6.28. The van der Waals surface area contributed by atoms with Crippen molar-refractivity contribution in [3.8, 4) is 11.5 Å². The molecule has 0 heterocycles. The topological polar surface area (TPSA) is 30.5 Å². The molecule has 124 valence electrons. The Morgan fingerprint density at radius 3 is 2.17 bits per heavy atom. The molecule has 0 aliphatic carbocycles. The number of methoxy groups -OCH3 is 1. The number of rotatable bonds is 6. The highest BCUT2D eigenvalue weighted by molar-refractivity contribution is 6.37. The third kappa shape index (κ3) is 4.84. The molecule has 0 aliphatic rings. The summed E-state index contributed by atoms with van der Waals surface area (Å²) < 4.78 is 10.7. The zero-order valence-electron chi connectivity index (χ0n) is 13.1. The van der Waals surface area contributed by atoms with Gasteiger partial charge in [-0.15, -0.1) is 0 Å². The fraction of sp³-hybridized carbons (Fsp3) is 0.294. The largest absolute Gasteiger partial charge is 0.495 e. The van der Waals surface area contributed by atoms with Crippen molar-refractivity contribution >= 4 is 40.5 Å². The molecule has 0 bridgehead atoms. The highest BCUT2D eigenvalue weighted by Crippen LogP contribution is 2.35. The van der Waals surface area contributed by atoms with Crippen LogP contribution in [0.1, 0.15) is 19.4 Å². The van der Waals surface area contributed by atoms with E-state index in [9.17, 15) is 0 Å². The summed E-state index contributed by atoms with van der Waals surface area (Å²) in [6.07, 6.45) is 0.00964. The third-order valence-electron chi connectivity index (χ3n) is 3.06. The van der Waals surface area contributed by atoms with Crippen LogP contribution in [0.3, 0.4) is 0 Å². The van der Waals surface area contributed by atoms with E-state index in [2.05, 4.69) is 5.32 Å². The molecule has 2 aromatic carbocycles. The van der Waals surface area contributed by atoms with Gasteiger partial charge in [0.15, 0.2) is 5.75 Å². The highest BCUT2D eigenvalue weighted by atomic mass is 35.5. The number of hydrogen-bond donors (Lipinski definition) is 1. The minimum Gasteiger partial charge on any atom is -0.495 e. The van der Waals surface area contributed by atoms with Crippen molar-refractivity contribution in [2.24, 2.45) is 0 Å². The Hall–Kier alpha value is -1.29. The van der Waals surface area contributed by atoms with Crippen LogP contribution in [0.2, 0.25) is 15.1 Å². The maximum Gasteiger partial charge on any atom is 0.156 e. The van der Waals surface area contributed by atoms with Crippen molar-refractivity contribution in [2.75, 3.05) is 12.4 Å². The minimum atomic E-state index is 0.00964. The van der Waals surface area contributed by atoms with Gasteiger partial charge >= 0.3 is 0 Å². The van der Waals surface area contributed by atoms with Gasteiger partial charge in [0.2, 0.25) is 0 Å². The maximum absolute atomic E-state index is 6.25. The summed E-state index contributed by atoms with van der Waals surface area (Å²) >= 11 is 18.6. The van der Waals surface area contributed by atoms with Gasteiger partial charge < -0.3 is 14.8 Å². The Labute approximate surface area is 151 Å². The summed E-state index contributed by atoms with van der Waals surface area (Å²) in [7, 11) is 1.58. The van der Waals surface area contributed by atoms with Gasteiger partial charge in [0, 0.05) is 12.2 Å². The second kappa shape index (κ2) is 8.00. The average Bonchev–Trinajstić information content (AvgIpc) is 2.49. The molecule has 0 saturated heterocycles. The van der Waals surface area contributed by atoms with Gasteiger partial charge in [-0.2, -0.15) is 0 Å². The number of benzene rings is 2. The molecule has 0 radical (unpaired) electrons. The van der Waals surface area contributed by atoms with Gasteiger partial charge in [-0.25, -0.2) is 0 Å². The molecule has 0 atom stereocenters. The molecule has 2 rings (SSSR count). The molecular weight excluding hydrogens is 357 g/mol.